The number of benzene rings is 1. The Balaban J connectivity index is 2.61. The van der Waals surface area contributed by atoms with Gasteiger partial charge < -0.3 is 5.32 Å². The minimum Gasteiger partial charge on any atom is -0.384 e. The van der Waals surface area contributed by atoms with E-state index < -0.39 is 11.7 Å². The van der Waals surface area contributed by atoms with Crippen molar-refractivity contribution in [3.8, 4) is 6.07 Å². The van der Waals surface area contributed by atoms with Gasteiger partial charge >= 0.3 is 6.18 Å². The molecule has 1 aromatic rings. The van der Waals surface area contributed by atoms with Crippen LogP contribution in [0.4, 0.5) is 18.9 Å². The van der Waals surface area contributed by atoms with E-state index >= 15 is 0 Å². The molecule has 0 amide bonds. The second kappa shape index (κ2) is 5.58. The molecule has 0 fully saturated rings. The smallest absolute Gasteiger partial charge is 0.384 e. The van der Waals surface area contributed by atoms with Crippen molar-refractivity contribution in [2.75, 3.05) is 11.9 Å². The van der Waals surface area contributed by atoms with Crippen LogP contribution in [-0.4, -0.2) is 6.54 Å². The summed E-state index contributed by atoms with van der Waals surface area (Å²) in [6, 6.07) is 6.90. The predicted octanol–water partition coefficient (Wildman–Crippen LogP) is 3.67. The third kappa shape index (κ3) is 3.99. The fourth-order valence-electron chi connectivity index (χ4n) is 1.30. The molecule has 2 nitrogen and oxygen atoms in total. The summed E-state index contributed by atoms with van der Waals surface area (Å²) in [4.78, 5) is 0. The predicted molar refractivity (Wildman–Crippen MR) is 59.3 cm³/mol. The van der Waals surface area contributed by atoms with E-state index in [2.05, 4.69) is 11.4 Å². The SMILES string of the molecule is CCC(C#N)CNc1ccc(C(F)(F)F)cc1. The maximum absolute atomic E-state index is 12.3. The summed E-state index contributed by atoms with van der Waals surface area (Å²) in [5.41, 5.74) is -0.0814. The molecule has 1 rings (SSSR count). The maximum atomic E-state index is 12.3. The van der Waals surface area contributed by atoms with Crippen molar-refractivity contribution in [1.82, 2.24) is 0 Å². The average molecular weight is 242 g/mol. The van der Waals surface area contributed by atoms with E-state index in [0.29, 0.717) is 18.7 Å². The molecule has 1 atom stereocenters. The zero-order valence-electron chi connectivity index (χ0n) is 9.38. The molecule has 5 heteroatoms. The normalized spacial score (nSPS) is 12.9. The number of hydrogen-bond donors (Lipinski definition) is 1. The molecule has 0 heterocycles. The van der Waals surface area contributed by atoms with Gasteiger partial charge in [0, 0.05) is 12.2 Å². The second-order valence-electron chi connectivity index (χ2n) is 3.69. The molecule has 0 bridgehead atoms. The van der Waals surface area contributed by atoms with E-state index in [0.717, 1.165) is 12.1 Å². The minimum atomic E-state index is -4.31. The summed E-state index contributed by atoms with van der Waals surface area (Å²) in [6.07, 6.45) is -3.60. The molecule has 92 valence electrons. The first-order valence-electron chi connectivity index (χ1n) is 5.28. The van der Waals surface area contributed by atoms with Gasteiger partial charge in [0.05, 0.1) is 17.6 Å². The van der Waals surface area contributed by atoms with Crippen molar-refractivity contribution >= 4 is 5.69 Å². The quantitative estimate of drug-likeness (QED) is 0.874. The van der Waals surface area contributed by atoms with Crippen LogP contribution in [0.15, 0.2) is 24.3 Å². The first-order chi connectivity index (χ1) is 7.97. The van der Waals surface area contributed by atoms with Gasteiger partial charge in [-0.15, -0.1) is 0 Å². The Hall–Kier alpha value is -1.70. The maximum Gasteiger partial charge on any atom is 0.416 e. The summed E-state index contributed by atoms with van der Waals surface area (Å²) >= 11 is 0. The monoisotopic (exact) mass is 242 g/mol. The van der Waals surface area contributed by atoms with Gasteiger partial charge in [-0.3, -0.25) is 0 Å². The molecule has 0 saturated carbocycles. The van der Waals surface area contributed by atoms with Crippen molar-refractivity contribution in [1.29, 1.82) is 5.26 Å². The van der Waals surface area contributed by atoms with E-state index in [4.69, 9.17) is 5.26 Å². The topological polar surface area (TPSA) is 35.8 Å². The van der Waals surface area contributed by atoms with Gasteiger partial charge in [0.1, 0.15) is 0 Å². The van der Waals surface area contributed by atoms with Crippen LogP contribution in [0.25, 0.3) is 0 Å². The van der Waals surface area contributed by atoms with Crippen molar-refractivity contribution in [2.24, 2.45) is 5.92 Å². The Bertz CT molecular complexity index is 390. The summed E-state index contributed by atoms with van der Waals surface area (Å²) in [7, 11) is 0. The number of nitrogens with zero attached hydrogens (tertiary/aromatic N) is 1. The Kier molecular flexibility index (Phi) is 4.38. The van der Waals surface area contributed by atoms with Gasteiger partial charge in [-0.05, 0) is 30.7 Å². The van der Waals surface area contributed by atoms with Gasteiger partial charge in [0.2, 0.25) is 0 Å². The number of anilines is 1. The summed E-state index contributed by atoms with van der Waals surface area (Å²) in [5, 5.41) is 11.7. The van der Waals surface area contributed by atoms with Crippen LogP contribution in [0.3, 0.4) is 0 Å². The highest BCUT2D eigenvalue weighted by Gasteiger charge is 2.29. The van der Waals surface area contributed by atoms with Crippen molar-refractivity contribution in [3.05, 3.63) is 29.8 Å². The van der Waals surface area contributed by atoms with Crippen molar-refractivity contribution < 1.29 is 13.2 Å². The lowest BCUT2D eigenvalue weighted by Gasteiger charge is -2.11. The van der Waals surface area contributed by atoms with Crippen LogP contribution < -0.4 is 5.32 Å². The first kappa shape index (κ1) is 13.4. The van der Waals surface area contributed by atoms with Gasteiger partial charge in [0.15, 0.2) is 0 Å². The highest BCUT2D eigenvalue weighted by atomic mass is 19.4. The molecule has 0 aliphatic heterocycles. The zero-order valence-corrected chi connectivity index (χ0v) is 9.38. The Morgan fingerprint density at radius 3 is 2.29 bits per heavy atom. The molecule has 0 radical (unpaired) electrons. The van der Waals surface area contributed by atoms with Crippen molar-refractivity contribution in [2.45, 2.75) is 19.5 Å². The molecule has 0 saturated heterocycles. The fourth-order valence-corrected chi connectivity index (χ4v) is 1.30. The van der Waals surface area contributed by atoms with E-state index in [9.17, 15) is 13.2 Å². The Morgan fingerprint density at radius 2 is 1.88 bits per heavy atom. The van der Waals surface area contributed by atoms with E-state index in [1.165, 1.54) is 12.1 Å². The van der Waals surface area contributed by atoms with Gasteiger partial charge in [-0.2, -0.15) is 18.4 Å². The lowest BCUT2D eigenvalue weighted by Crippen LogP contribution is -2.12. The largest absolute Gasteiger partial charge is 0.416 e. The number of nitriles is 1. The molecule has 0 aliphatic carbocycles. The summed E-state index contributed by atoms with van der Waals surface area (Å²) < 4.78 is 36.8. The number of rotatable bonds is 4. The molecule has 0 spiro atoms. The van der Waals surface area contributed by atoms with Crippen LogP contribution in [0.2, 0.25) is 0 Å². The lowest BCUT2D eigenvalue weighted by atomic mass is 10.1. The van der Waals surface area contributed by atoms with Gasteiger partial charge in [-0.25, -0.2) is 0 Å². The standard InChI is InChI=1S/C12H13F3N2/c1-2-9(7-16)8-17-11-5-3-10(4-6-11)12(13,14)15/h3-6,9,17H,2,8H2,1H3. The summed E-state index contributed by atoms with van der Waals surface area (Å²) in [6.45, 7) is 2.33. The van der Waals surface area contributed by atoms with Crippen LogP contribution in [0, 0.1) is 17.2 Å². The van der Waals surface area contributed by atoms with Crippen molar-refractivity contribution in [3.63, 3.8) is 0 Å². The second-order valence-corrected chi connectivity index (χ2v) is 3.69. The van der Waals surface area contributed by atoms with Crippen LogP contribution in [0.1, 0.15) is 18.9 Å². The number of nitrogens with one attached hydrogen (secondary N) is 1. The zero-order chi connectivity index (χ0) is 12.9. The Morgan fingerprint density at radius 1 is 1.29 bits per heavy atom. The van der Waals surface area contributed by atoms with Gasteiger partial charge in [0.25, 0.3) is 0 Å². The van der Waals surface area contributed by atoms with Gasteiger partial charge in [-0.1, -0.05) is 6.92 Å². The third-order valence-corrected chi connectivity index (χ3v) is 2.44. The highest BCUT2D eigenvalue weighted by molar-refractivity contribution is 5.45. The van der Waals surface area contributed by atoms with Crippen LogP contribution >= 0.6 is 0 Å². The van der Waals surface area contributed by atoms with E-state index in [-0.39, 0.29) is 5.92 Å². The average Bonchev–Trinajstić information content (AvgIpc) is 2.30. The molecule has 1 unspecified atom stereocenters. The summed E-state index contributed by atoms with van der Waals surface area (Å²) in [5.74, 6) is -0.128. The number of halogens is 3. The lowest BCUT2D eigenvalue weighted by molar-refractivity contribution is -0.137. The van der Waals surface area contributed by atoms with E-state index in [1.54, 1.807) is 0 Å². The third-order valence-electron chi connectivity index (χ3n) is 2.44. The molecule has 1 N–H and O–H groups in total. The molecule has 1 aromatic carbocycles. The molecule has 0 aromatic heterocycles. The molecule has 17 heavy (non-hydrogen) atoms. The number of hydrogen-bond acceptors (Lipinski definition) is 2. The molecular weight excluding hydrogens is 229 g/mol. The molecule has 0 aliphatic rings. The molecular formula is C12H13F3N2. The highest BCUT2D eigenvalue weighted by Crippen LogP contribution is 2.29. The number of alkyl halides is 3. The minimum absolute atomic E-state index is 0.128. The first-order valence-corrected chi connectivity index (χ1v) is 5.28. The Labute approximate surface area is 98.1 Å². The van der Waals surface area contributed by atoms with Crippen LogP contribution in [0.5, 0.6) is 0 Å². The fraction of sp³-hybridized carbons (Fsp3) is 0.417. The van der Waals surface area contributed by atoms with E-state index in [1.807, 2.05) is 6.92 Å². The van der Waals surface area contributed by atoms with Crippen LogP contribution in [-0.2, 0) is 6.18 Å².